The number of para-hydroxylation sites is 1. The summed E-state index contributed by atoms with van der Waals surface area (Å²) in [6.07, 6.45) is 0. The minimum atomic E-state index is -1.82. The molecule has 3 nitrogen and oxygen atoms in total. The van der Waals surface area contributed by atoms with Gasteiger partial charge in [0.05, 0.1) is 0 Å². The maximum atomic E-state index is 6.97. The van der Waals surface area contributed by atoms with Gasteiger partial charge in [-0.3, -0.25) is 0 Å². The van der Waals surface area contributed by atoms with Crippen molar-refractivity contribution in [2.45, 2.75) is 80.1 Å². The van der Waals surface area contributed by atoms with Crippen LogP contribution in [0.3, 0.4) is 0 Å². The van der Waals surface area contributed by atoms with E-state index in [-0.39, 0.29) is 10.8 Å². The molecule has 1 unspecified atom stereocenters. The van der Waals surface area contributed by atoms with Gasteiger partial charge in [0, 0.05) is 27.2 Å². The van der Waals surface area contributed by atoms with E-state index in [1.807, 2.05) is 6.07 Å². The van der Waals surface area contributed by atoms with Crippen molar-refractivity contribution in [3.63, 3.8) is 0 Å². The molecule has 1 heterocycles. The van der Waals surface area contributed by atoms with Crippen molar-refractivity contribution < 1.29 is 12.9 Å². The van der Waals surface area contributed by atoms with E-state index in [9.17, 15) is 0 Å². The Balaban J connectivity index is 1.91. The second-order valence-electron chi connectivity index (χ2n) is 13.5. The van der Waals surface area contributed by atoms with Gasteiger partial charge in [-0.05, 0) is 86.7 Å². The first kappa shape index (κ1) is 30.5. The van der Waals surface area contributed by atoms with Crippen LogP contribution in [-0.4, -0.2) is 6.66 Å². The van der Waals surface area contributed by atoms with Crippen LogP contribution >= 0.6 is 16.2 Å². The minimum absolute atomic E-state index is 0.137. The number of fused-ring (bicyclic) bond motifs is 3. The van der Waals surface area contributed by atoms with Crippen molar-refractivity contribution in [2.24, 2.45) is 0 Å². The molecule has 0 aliphatic carbocycles. The average molecular weight is 599 g/mol. The van der Waals surface area contributed by atoms with Gasteiger partial charge < -0.3 is 12.9 Å². The summed E-state index contributed by atoms with van der Waals surface area (Å²) in [5, 5.41) is 4.73. The molecule has 0 fully saturated rings. The van der Waals surface area contributed by atoms with E-state index in [2.05, 4.69) is 137 Å². The first-order chi connectivity index (χ1) is 19.7. The predicted octanol–water partition coefficient (Wildman–Crippen LogP) is 11.0. The molecule has 220 valence electrons. The van der Waals surface area contributed by atoms with Crippen molar-refractivity contribution in [1.29, 1.82) is 0 Å². The Labute approximate surface area is 253 Å². The number of benzene rings is 4. The quantitative estimate of drug-likeness (QED) is 0.193. The van der Waals surface area contributed by atoms with E-state index in [0.29, 0.717) is 0 Å². The molecule has 0 saturated heterocycles. The topological polar surface area (TPSA) is 35.5 Å². The summed E-state index contributed by atoms with van der Waals surface area (Å²) < 4.78 is 20.8. The van der Waals surface area contributed by atoms with E-state index >= 15 is 0 Å². The first-order valence-electron chi connectivity index (χ1n) is 14.7. The summed E-state index contributed by atoms with van der Waals surface area (Å²) >= 11 is 0. The fourth-order valence-electron chi connectivity index (χ4n) is 5.58. The molecule has 0 bridgehead atoms. The Morgan fingerprint density at radius 1 is 0.643 bits per heavy atom. The Bertz CT molecular complexity index is 1730. The first-order valence-corrected chi connectivity index (χ1v) is 17.6. The zero-order valence-corrected chi connectivity index (χ0v) is 28.8. The number of rotatable bonds is 4. The Morgan fingerprint density at radius 3 is 1.57 bits per heavy atom. The van der Waals surface area contributed by atoms with Gasteiger partial charge in [-0.25, -0.2) is 0 Å². The third kappa shape index (κ3) is 5.67. The highest BCUT2D eigenvalue weighted by molar-refractivity contribution is 7.72. The molecule has 42 heavy (non-hydrogen) atoms. The smallest absolute Gasteiger partial charge is 0.390 e. The van der Waals surface area contributed by atoms with E-state index in [0.717, 1.165) is 27.7 Å². The molecule has 0 aliphatic rings. The molecule has 1 aromatic heterocycles. The lowest BCUT2D eigenvalue weighted by Gasteiger charge is -2.23. The van der Waals surface area contributed by atoms with Crippen LogP contribution < -0.4 is 15.1 Å². The monoisotopic (exact) mass is 598 g/mol. The number of aryl methyl sites for hydroxylation is 4. The van der Waals surface area contributed by atoms with E-state index in [1.165, 1.54) is 44.0 Å². The van der Waals surface area contributed by atoms with Crippen molar-refractivity contribution >= 4 is 48.7 Å². The van der Waals surface area contributed by atoms with Gasteiger partial charge in [0.25, 0.3) is 0 Å². The highest BCUT2D eigenvalue weighted by Crippen LogP contribution is 2.47. The molecule has 4 aromatic carbocycles. The zero-order valence-electron chi connectivity index (χ0n) is 27.0. The normalized spacial score (nSPS) is 13.0. The third-order valence-electron chi connectivity index (χ3n) is 8.34. The fraction of sp³-hybridized carbons (Fsp3) is 0.351. The lowest BCUT2D eigenvalue weighted by molar-refractivity contribution is 0.491. The maximum Gasteiger partial charge on any atom is 0.453 e. The standard InChI is InChI=1S/C37H44O3P2/c1-23-21-28(36(5,6)7)34-32(25(23)3)33-26(4)24(2)22-29(37(8,9)10)35(33)40-42(39-34)38-30-19-15-16-20-31(30)41(11)27-17-13-12-14-18-27/h12-22H,1-11H3. The second-order valence-corrected chi connectivity index (χ2v) is 16.6. The highest BCUT2D eigenvalue weighted by atomic mass is 31.1. The Hall–Kier alpha value is -2.99. The van der Waals surface area contributed by atoms with Crippen molar-refractivity contribution in [3.8, 4) is 5.75 Å². The molecule has 1 atom stereocenters. The van der Waals surface area contributed by atoms with Gasteiger partial charge in [-0.2, -0.15) is 0 Å². The molecule has 0 radical (unpaired) electrons. The number of hydrogen-bond acceptors (Lipinski definition) is 3. The SMILES string of the molecule is Cc1cc(C(C)(C)C)c2op(Oc3ccccc3P(C)c3ccccc3)oc3c(C(C)(C)C)cc(C)c(C)c3c2c1C. The van der Waals surface area contributed by atoms with Crippen LogP contribution in [0.5, 0.6) is 5.75 Å². The third-order valence-corrected chi connectivity index (χ3v) is 11.5. The molecule has 0 aliphatic heterocycles. The highest BCUT2D eigenvalue weighted by Gasteiger charge is 2.27. The van der Waals surface area contributed by atoms with Crippen LogP contribution in [-0.2, 0) is 10.8 Å². The molecule has 5 rings (SSSR count). The zero-order chi connectivity index (χ0) is 30.6. The van der Waals surface area contributed by atoms with Gasteiger partial charge in [-0.15, -0.1) is 0 Å². The van der Waals surface area contributed by atoms with Gasteiger partial charge in [0.15, 0.2) is 0 Å². The van der Waals surface area contributed by atoms with Gasteiger partial charge in [0.1, 0.15) is 16.9 Å². The molecule has 5 heteroatoms. The summed E-state index contributed by atoms with van der Waals surface area (Å²) in [6, 6.07) is 23.6. The van der Waals surface area contributed by atoms with Crippen molar-refractivity contribution in [1.82, 2.24) is 0 Å². The minimum Gasteiger partial charge on any atom is -0.390 e. The van der Waals surface area contributed by atoms with Crippen LogP contribution in [0.4, 0.5) is 0 Å². The largest absolute Gasteiger partial charge is 0.453 e. The maximum absolute atomic E-state index is 6.97. The summed E-state index contributed by atoms with van der Waals surface area (Å²) in [5.41, 5.74) is 8.76. The Kier molecular flexibility index (Phi) is 8.17. The van der Waals surface area contributed by atoms with Gasteiger partial charge in [0.2, 0.25) is 0 Å². The fourth-order valence-corrected chi connectivity index (χ4v) is 8.42. The summed E-state index contributed by atoms with van der Waals surface area (Å²) in [5.74, 6) is 0.813. The number of hydrogen-bond donors (Lipinski definition) is 0. The summed E-state index contributed by atoms with van der Waals surface area (Å²) in [4.78, 5) is 0. The van der Waals surface area contributed by atoms with Crippen molar-refractivity contribution in [2.75, 3.05) is 6.66 Å². The lowest BCUT2D eigenvalue weighted by Crippen LogP contribution is -2.13. The van der Waals surface area contributed by atoms with Crippen LogP contribution in [0.25, 0.3) is 21.9 Å². The summed E-state index contributed by atoms with van der Waals surface area (Å²) in [6.45, 7) is 24.6. The van der Waals surface area contributed by atoms with E-state index < -0.39 is 16.2 Å². The van der Waals surface area contributed by atoms with Gasteiger partial charge >= 0.3 is 8.24 Å². The average Bonchev–Trinajstić information content (AvgIpc) is 3.09. The van der Waals surface area contributed by atoms with E-state index in [1.54, 1.807) is 0 Å². The lowest BCUT2D eigenvalue weighted by atomic mass is 9.81. The van der Waals surface area contributed by atoms with Crippen molar-refractivity contribution in [3.05, 3.63) is 100 Å². The Morgan fingerprint density at radius 2 is 1.10 bits per heavy atom. The van der Waals surface area contributed by atoms with E-state index in [4.69, 9.17) is 12.9 Å². The molecule has 0 saturated carbocycles. The van der Waals surface area contributed by atoms with Gasteiger partial charge in [-0.1, -0.05) is 102 Å². The molecular weight excluding hydrogens is 554 g/mol. The molecule has 0 amide bonds. The molecule has 0 spiro atoms. The summed E-state index contributed by atoms with van der Waals surface area (Å²) in [7, 11) is -2.44. The van der Waals surface area contributed by atoms with Crippen LogP contribution in [0.2, 0.25) is 0 Å². The predicted molar refractivity (Wildman–Crippen MR) is 184 cm³/mol. The molecule has 0 N–H and O–H groups in total. The second kappa shape index (κ2) is 11.3. The van der Waals surface area contributed by atoms with Crippen LogP contribution in [0, 0.1) is 27.7 Å². The molecule has 5 aromatic rings. The van der Waals surface area contributed by atoms with Crippen LogP contribution in [0.1, 0.15) is 74.9 Å². The van der Waals surface area contributed by atoms with Crippen LogP contribution in [0.15, 0.2) is 75.1 Å². The molecular formula is C37H44O3P2.